The molecule has 0 amide bonds. The van der Waals surface area contributed by atoms with Crippen LogP contribution >= 0.6 is 0 Å². The summed E-state index contributed by atoms with van der Waals surface area (Å²) in [5.74, 6) is 7.89. The Bertz CT molecular complexity index is 529. The first-order chi connectivity index (χ1) is 7.86. The van der Waals surface area contributed by atoms with Crippen LogP contribution < -0.4 is 5.84 Å². The van der Waals surface area contributed by atoms with Crippen LogP contribution in [0.3, 0.4) is 0 Å². The Hall–Kier alpha value is -2.50. The molecule has 2 N–H and O–H groups in total. The Kier molecular flexibility index (Phi) is 1.79. The molecule has 3 rings (SSSR count). The van der Waals surface area contributed by atoms with Crippen molar-refractivity contribution in [2.45, 2.75) is 0 Å². The van der Waals surface area contributed by atoms with Gasteiger partial charge < -0.3 is 14.7 Å². The first-order valence-corrected chi connectivity index (χ1v) is 4.64. The molecule has 0 aromatic carbocycles. The van der Waals surface area contributed by atoms with Crippen LogP contribution in [-0.4, -0.2) is 14.9 Å². The van der Waals surface area contributed by atoms with Gasteiger partial charge in [0, 0.05) is 0 Å². The largest absolute Gasteiger partial charge is 0.461 e. The molecule has 3 aromatic heterocycles. The van der Waals surface area contributed by atoms with Crippen molar-refractivity contribution in [1.29, 1.82) is 0 Å². The average Bonchev–Trinajstić information content (AvgIpc) is 2.96. The molecule has 3 aromatic rings. The van der Waals surface area contributed by atoms with Gasteiger partial charge in [0.2, 0.25) is 11.6 Å². The highest BCUT2D eigenvalue weighted by molar-refractivity contribution is 5.55. The Morgan fingerprint density at radius 1 is 0.938 bits per heavy atom. The molecular formula is C10H8N4O2. The van der Waals surface area contributed by atoms with Crippen LogP contribution in [0.1, 0.15) is 0 Å². The van der Waals surface area contributed by atoms with Gasteiger partial charge in [0.05, 0.1) is 12.5 Å². The van der Waals surface area contributed by atoms with Gasteiger partial charge in [-0.25, -0.2) is 4.68 Å². The van der Waals surface area contributed by atoms with E-state index in [0.29, 0.717) is 23.2 Å². The Balaban J connectivity index is 2.12. The molecule has 16 heavy (non-hydrogen) atoms. The van der Waals surface area contributed by atoms with Gasteiger partial charge in [0.1, 0.15) is 0 Å². The van der Waals surface area contributed by atoms with Gasteiger partial charge in [-0.15, -0.1) is 10.2 Å². The second-order valence-electron chi connectivity index (χ2n) is 3.17. The Labute approximate surface area is 90.3 Å². The summed E-state index contributed by atoms with van der Waals surface area (Å²) in [6.07, 6.45) is 3.10. The first kappa shape index (κ1) is 8.78. The molecular weight excluding hydrogens is 208 g/mol. The van der Waals surface area contributed by atoms with E-state index in [0.717, 1.165) is 0 Å². The molecule has 6 heteroatoms. The van der Waals surface area contributed by atoms with Crippen LogP contribution in [0, 0.1) is 0 Å². The van der Waals surface area contributed by atoms with E-state index in [-0.39, 0.29) is 0 Å². The molecule has 0 aliphatic rings. The summed E-state index contributed by atoms with van der Waals surface area (Å²) in [4.78, 5) is 0. The number of nitrogens with two attached hydrogens (primary N) is 1. The third-order valence-corrected chi connectivity index (χ3v) is 2.18. The lowest BCUT2D eigenvalue weighted by Crippen LogP contribution is -2.11. The van der Waals surface area contributed by atoms with Crippen molar-refractivity contribution in [3.63, 3.8) is 0 Å². The van der Waals surface area contributed by atoms with E-state index in [1.165, 1.54) is 4.68 Å². The first-order valence-electron chi connectivity index (χ1n) is 4.64. The lowest BCUT2D eigenvalue weighted by Gasteiger charge is -1.98. The van der Waals surface area contributed by atoms with Crippen molar-refractivity contribution in [3.05, 3.63) is 36.8 Å². The van der Waals surface area contributed by atoms with Gasteiger partial charge in [-0.2, -0.15) is 0 Å². The molecule has 0 aliphatic heterocycles. The molecule has 0 spiro atoms. The summed E-state index contributed by atoms with van der Waals surface area (Å²) < 4.78 is 11.7. The fraction of sp³-hybridized carbons (Fsp3) is 0. The molecule has 0 unspecified atom stereocenters. The van der Waals surface area contributed by atoms with Gasteiger partial charge in [-0.05, 0) is 24.3 Å². The maximum absolute atomic E-state index is 5.86. The maximum Gasteiger partial charge on any atom is 0.218 e. The quantitative estimate of drug-likeness (QED) is 0.656. The highest BCUT2D eigenvalue weighted by Gasteiger charge is 2.16. The summed E-state index contributed by atoms with van der Waals surface area (Å²) in [5.41, 5.74) is 0. The molecule has 0 saturated carbocycles. The predicted octanol–water partition coefficient (Wildman–Crippen LogP) is 1.51. The predicted molar refractivity (Wildman–Crippen MR) is 55.6 cm³/mol. The molecule has 0 bridgehead atoms. The number of aromatic nitrogens is 3. The van der Waals surface area contributed by atoms with Gasteiger partial charge in [-0.1, -0.05) is 0 Å². The van der Waals surface area contributed by atoms with Crippen molar-refractivity contribution >= 4 is 0 Å². The van der Waals surface area contributed by atoms with Crippen LogP contribution in [-0.2, 0) is 0 Å². The fourth-order valence-corrected chi connectivity index (χ4v) is 1.44. The average molecular weight is 216 g/mol. The topological polar surface area (TPSA) is 83.0 Å². The van der Waals surface area contributed by atoms with E-state index >= 15 is 0 Å². The van der Waals surface area contributed by atoms with Gasteiger partial charge >= 0.3 is 0 Å². The summed E-state index contributed by atoms with van der Waals surface area (Å²) in [6, 6.07) is 7.05. The van der Waals surface area contributed by atoms with Crippen molar-refractivity contribution in [3.8, 4) is 23.2 Å². The van der Waals surface area contributed by atoms with E-state index in [4.69, 9.17) is 14.7 Å². The number of nitrogen functional groups attached to an aromatic ring is 1. The number of rotatable bonds is 2. The molecule has 3 heterocycles. The van der Waals surface area contributed by atoms with Gasteiger partial charge in [0.25, 0.3) is 0 Å². The van der Waals surface area contributed by atoms with E-state index in [2.05, 4.69) is 10.2 Å². The smallest absolute Gasteiger partial charge is 0.218 e. The molecule has 0 atom stereocenters. The Morgan fingerprint density at radius 2 is 1.44 bits per heavy atom. The number of hydrogen-bond acceptors (Lipinski definition) is 5. The summed E-state index contributed by atoms with van der Waals surface area (Å²) in [7, 11) is 0. The number of furan rings is 2. The van der Waals surface area contributed by atoms with Crippen LogP contribution in [0.4, 0.5) is 0 Å². The summed E-state index contributed by atoms with van der Waals surface area (Å²) in [5, 5.41) is 7.90. The Morgan fingerprint density at radius 3 is 1.81 bits per heavy atom. The lowest BCUT2D eigenvalue weighted by atomic mass is 10.4. The zero-order valence-corrected chi connectivity index (χ0v) is 8.20. The zero-order chi connectivity index (χ0) is 11.0. The lowest BCUT2D eigenvalue weighted by molar-refractivity contribution is 0.571. The highest BCUT2D eigenvalue weighted by Crippen LogP contribution is 2.22. The second-order valence-corrected chi connectivity index (χ2v) is 3.17. The molecule has 0 saturated heterocycles. The molecule has 6 nitrogen and oxygen atoms in total. The minimum atomic E-state index is 0.455. The molecule has 0 fully saturated rings. The van der Waals surface area contributed by atoms with E-state index in [9.17, 15) is 0 Å². The minimum absolute atomic E-state index is 0.455. The second kappa shape index (κ2) is 3.27. The SMILES string of the molecule is Nn1c(-c2ccco2)nnc1-c1ccco1. The monoisotopic (exact) mass is 216 g/mol. The van der Waals surface area contributed by atoms with Crippen LogP contribution in [0.15, 0.2) is 45.6 Å². The third kappa shape index (κ3) is 1.20. The zero-order valence-electron chi connectivity index (χ0n) is 8.20. The van der Waals surface area contributed by atoms with Crippen LogP contribution in [0.25, 0.3) is 23.2 Å². The van der Waals surface area contributed by atoms with Crippen molar-refractivity contribution < 1.29 is 8.83 Å². The molecule has 80 valence electrons. The standard InChI is InChI=1S/C10H8N4O2/c11-14-9(7-3-1-5-15-7)12-13-10(14)8-4-2-6-16-8/h1-6H,11H2. The third-order valence-electron chi connectivity index (χ3n) is 2.18. The van der Waals surface area contributed by atoms with Gasteiger partial charge in [-0.3, -0.25) is 0 Å². The van der Waals surface area contributed by atoms with Crippen molar-refractivity contribution in [1.82, 2.24) is 14.9 Å². The fourth-order valence-electron chi connectivity index (χ4n) is 1.44. The number of hydrogen-bond donors (Lipinski definition) is 1. The summed E-state index contributed by atoms with van der Waals surface area (Å²) in [6.45, 7) is 0. The minimum Gasteiger partial charge on any atom is -0.461 e. The number of nitrogens with zero attached hydrogens (tertiary/aromatic N) is 3. The van der Waals surface area contributed by atoms with Crippen molar-refractivity contribution in [2.75, 3.05) is 5.84 Å². The van der Waals surface area contributed by atoms with E-state index in [1.54, 1.807) is 36.8 Å². The van der Waals surface area contributed by atoms with Crippen molar-refractivity contribution in [2.24, 2.45) is 0 Å². The summed E-state index contributed by atoms with van der Waals surface area (Å²) >= 11 is 0. The molecule has 0 radical (unpaired) electrons. The normalized spacial score (nSPS) is 10.8. The molecule has 0 aliphatic carbocycles. The van der Waals surface area contributed by atoms with Gasteiger partial charge in [0.15, 0.2) is 11.5 Å². The van der Waals surface area contributed by atoms with Crippen LogP contribution in [0.2, 0.25) is 0 Å². The van der Waals surface area contributed by atoms with E-state index in [1.807, 2.05) is 0 Å². The van der Waals surface area contributed by atoms with E-state index < -0.39 is 0 Å². The van der Waals surface area contributed by atoms with Crippen LogP contribution in [0.5, 0.6) is 0 Å². The maximum atomic E-state index is 5.86. The highest BCUT2D eigenvalue weighted by atomic mass is 16.3.